The Morgan fingerprint density at radius 2 is 1.83 bits per heavy atom. The Balaban J connectivity index is 0.00000144. The van der Waals surface area contributed by atoms with Crippen LogP contribution >= 0.6 is 24.8 Å². The summed E-state index contributed by atoms with van der Waals surface area (Å²) < 4.78 is 17.5. The number of nitrogens with zero attached hydrogens (tertiary/aromatic N) is 1. The lowest BCUT2D eigenvalue weighted by Gasteiger charge is -2.30. The molecule has 0 aliphatic carbocycles. The summed E-state index contributed by atoms with van der Waals surface area (Å²) in [5.74, 6) is 0.780. The van der Waals surface area contributed by atoms with Crippen molar-refractivity contribution >= 4 is 30.5 Å². The van der Waals surface area contributed by atoms with Crippen molar-refractivity contribution in [1.82, 2.24) is 5.32 Å². The van der Waals surface area contributed by atoms with Gasteiger partial charge in [0.25, 0.3) is 0 Å². The van der Waals surface area contributed by atoms with Crippen LogP contribution in [0.5, 0.6) is 5.75 Å². The van der Waals surface area contributed by atoms with E-state index in [1.54, 1.807) is 0 Å². The summed E-state index contributed by atoms with van der Waals surface area (Å²) in [5, 5.41) is 3.30. The van der Waals surface area contributed by atoms with E-state index in [4.69, 9.17) is 4.74 Å². The number of piperazine rings is 1. The van der Waals surface area contributed by atoms with E-state index in [2.05, 4.69) is 10.2 Å². The van der Waals surface area contributed by atoms with Crippen molar-refractivity contribution < 1.29 is 9.13 Å². The van der Waals surface area contributed by atoms with Crippen molar-refractivity contribution in [3.05, 3.63) is 24.3 Å². The normalized spacial score (nSPS) is 14.4. The minimum absolute atomic E-state index is 0. The van der Waals surface area contributed by atoms with E-state index in [0.29, 0.717) is 0 Å². The van der Waals surface area contributed by atoms with E-state index < -0.39 is 6.67 Å². The number of hydrogen-bond acceptors (Lipinski definition) is 3. The van der Waals surface area contributed by atoms with E-state index in [-0.39, 0.29) is 31.4 Å². The second-order valence-corrected chi connectivity index (χ2v) is 3.74. The monoisotopic (exact) mass is 296 g/mol. The van der Waals surface area contributed by atoms with Crippen LogP contribution in [0, 0.1) is 0 Å². The molecule has 1 fully saturated rings. The maximum Gasteiger partial charge on any atom is 0.142 e. The van der Waals surface area contributed by atoms with E-state index in [9.17, 15) is 4.39 Å². The largest absolute Gasteiger partial charge is 0.489 e. The number of halogens is 3. The van der Waals surface area contributed by atoms with Crippen LogP contribution in [-0.4, -0.2) is 39.5 Å². The molecule has 0 bridgehead atoms. The minimum Gasteiger partial charge on any atom is -0.489 e. The molecular weight excluding hydrogens is 278 g/mol. The molecule has 0 atom stereocenters. The molecule has 0 saturated carbocycles. The fourth-order valence-electron chi connectivity index (χ4n) is 1.89. The Hall–Kier alpha value is -0.710. The third-order valence-corrected chi connectivity index (χ3v) is 2.66. The zero-order valence-corrected chi connectivity index (χ0v) is 11.7. The van der Waals surface area contributed by atoms with Crippen molar-refractivity contribution in [2.45, 2.75) is 0 Å². The van der Waals surface area contributed by atoms with Crippen molar-refractivity contribution in [2.24, 2.45) is 0 Å². The van der Waals surface area contributed by atoms with E-state index in [1.165, 1.54) is 0 Å². The molecule has 2 rings (SSSR count). The van der Waals surface area contributed by atoms with Gasteiger partial charge in [-0.15, -0.1) is 24.8 Å². The summed E-state index contributed by atoms with van der Waals surface area (Å²) in [6, 6.07) is 7.82. The molecular formula is C12H19Cl2FN2O. The lowest BCUT2D eigenvalue weighted by molar-refractivity contribution is 0.273. The molecule has 0 spiro atoms. The van der Waals surface area contributed by atoms with Crippen molar-refractivity contribution in [3.8, 4) is 5.75 Å². The van der Waals surface area contributed by atoms with Gasteiger partial charge in [0.05, 0.1) is 5.69 Å². The number of nitrogens with one attached hydrogen (secondary N) is 1. The van der Waals surface area contributed by atoms with Crippen molar-refractivity contribution in [1.29, 1.82) is 0 Å². The van der Waals surface area contributed by atoms with Crippen LogP contribution in [-0.2, 0) is 0 Å². The highest BCUT2D eigenvalue weighted by atomic mass is 35.5. The molecule has 0 amide bonds. The van der Waals surface area contributed by atoms with Crippen LogP contribution < -0.4 is 15.0 Å². The summed E-state index contributed by atoms with van der Waals surface area (Å²) in [7, 11) is 0. The molecule has 1 saturated heterocycles. The van der Waals surface area contributed by atoms with Crippen molar-refractivity contribution in [3.63, 3.8) is 0 Å². The lowest BCUT2D eigenvalue weighted by atomic mass is 10.2. The third kappa shape index (κ3) is 4.52. The number of ether oxygens (including phenoxy) is 1. The smallest absolute Gasteiger partial charge is 0.142 e. The molecule has 6 heteroatoms. The topological polar surface area (TPSA) is 24.5 Å². The SMILES string of the molecule is Cl.Cl.FCCOc1ccccc1N1CCNCC1. The Labute approximate surface area is 120 Å². The molecule has 0 aromatic heterocycles. The van der Waals surface area contributed by atoms with Crippen LogP contribution in [0.3, 0.4) is 0 Å². The average Bonchev–Trinajstić information content (AvgIpc) is 2.38. The standard InChI is InChI=1S/C12H17FN2O.2ClH/c13-5-10-16-12-4-2-1-3-11(12)15-8-6-14-7-9-15;;/h1-4,14H,5-10H2;2*1H. The van der Waals surface area contributed by atoms with Crippen LogP contribution in [0.2, 0.25) is 0 Å². The van der Waals surface area contributed by atoms with Crippen LogP contribution in [0.1, 0.15) is 0 Å². The van der Waals surface area contributed by atoms with Crippen LogP contribution in [0.4, 0.5) is 10.1 Å². The predicted molar refractivity (Wildman–Crippen MR) is 77.5 cm³/mol. The van der Waals surface area contributed by atoms with Gasteiger partial charge in [-0.2, -0.15) is 0 Å². The molecule has 1 N–H and O–H groups in total. The zero-order valence-electron chi connectivity index (χ0n) is 10.1. The van der Waals surface area contributed by atoms with Gasteiger partial charge >= 0.3 is 0 Å². The van der Waals surface area contributed by atoms with Gasteiger partial charge in [0, 0.05) is 26.2 Å². The van der Waals surface area contributed by atoms with Crippen LogP contribution in [0.25, 0.3) is 0 Å². The second kappa shape index (κ2) is 9.25. The molecule has 3 nitrogen and oxygen atoms in total. The fourth-order valence-corrected chi connectivity index (χ4v) is 1.89. The first kappa shape index (κ1) is 17.3. The summed E-state index contributed by atoms with van der Waals surface area (Å²) in [4.78, 5) is 2.27. The summed E-state index contributed by atoms with van der Waals surface area (Å²) in [5.41, 5.74) is 1.07. The number of benzene rings is 1. The molecule has 1 aromatic carbocycles. The quantitative estimate of drug-likeness (QED) is 0.923. The third-order valence-electron chi connectivity index (χ3n) is 2.66. The first-order valence-corrected chi connectivity index (χ1v) is 5.65. The Bertz CT molecular complexity index is 336. The molecule has 1 aliphatic heterocycles. The zero-order chi connectivity index (χ0) is 11.2. The number of hydrogen-bond donors (Lipinski definition) is 1. The van der Waals surface area contributed by atoms with Gasteiger partial charge < -0.3 is 15.0 Å². The molecule has 104 valence electrons. The Morgan fingerprint density at radius 1 is 1.17 bits per heavy atom. The molecule has 1 heterocycles. The highest BCUT2D eigenvalue weighted by Gasteiger charge is 2.14. The number of rotatable bonds is 4. The fraction of sp³-hybridized carbons (Fsp3) is 0.500. The highest BCUT2D eigenvalue weighted by molar-refractivity contribution is 5.85. The summed E-state index contributed by atoms with van der Waals surface area (Å²) in [6.07, 6.45) is 0. The van der Waals surface area contributed by atoms with E-state index >= 15 is 0 Å². The average molecular weight is 297 g/mol. The summed E-state index contributed by atoms with van der Waals surface area (Å²) >= 11 is 0. The first-order valence-electron chi connectivity index (χ1n) is 5.65. The first-order chi connectivity index (χ1) is 7.92. The van der Waals surface area contributed by atoms with E-state index in [1.807, 2.05) is 24.3 Å². The maximum absolute atomic E-state index is 12.1. The van der Waals surface area contributed by atoms with Crippen molar-refractivity contribution in [2.75, 3.05) is 44.4 Å². The van der Waals surface area contributed by atoms with Gasteiger partial charge in [-0.05, 0) is 12.1 Å². The Morgan fingerprint density at radius 3 is 2.50 bits per heavy atom. The minimum atomic E-state index is -0.449. The highest BCUT2D eigenvalue weighted by Crippen LogP contribution is 2.27. The van der Waals surface area contributed by atoms with Gasteiger partial charge in [0.2, 0.25) is 0 Å². The summed E-state index contributed by atoms with van der Waals surface area (Å²) in [6.45, 7) is 3.58. The molecule has 18 heavy (non-hydrogen) atoms. The van der Waals surface area contributed by atoms with Gasteiger partial charge in [-0.3, -0.25) is 0 Å². The maximum atomic E-state index is 12.1. The lowest BCUT2D eigenvalue weighted by Crippen LogP contribution is -2.43. The predicted octanol–water partition coefficient (Wildman–Crippen LogP) is 2.29. The molecule has 1 aromatic rings. The van der Waals surface area contributed by atoms with Crippen LogP contribution in [0.15, 0.2) is 24.3 Å². The molecule has 0 unspecified atom stereocenters. The number of anilines is 1. The van der Waals surface area contributed by atoms with E-state index in [0.717, 1.165) is 37.6 Å². The van der Waals surface area contributed by atoms with Gasteiger partial charge in [0.1, 0.15) is 19.0 Å². The van der Waals surface area contributed by atoms with Gasteiger partial charge in [-0.25, -0.2) is 4.39 Å². The van der Waals surface area contributed by atoms with Gasteiger partial charge in [0.15, 0.2) is 0 Å². The molecule has 0 radical (unpaired) electrons. The Kier molecular flexibility index (Phi) is 8.89. The van der Waals surface area contributed by atoms with Gasteiger partial charge in [-0.1, -0.05) is 12.1 Å². The molecule has 1 aliphatic rings. The number of para-hydroxylation sites is 2. The second-order valence-electron chi connectivity index (χ2n) is 3.74. The number of alkyl halides is 1.